The predicted molar refractivity (Wildman–Crippen MR) is 228 cm³/mol. The van der Waals surface area contributed by atoms with Crippen LogP contribution < -0.4 is 4.90 Å². The summed E-state index contributed by atoms with van der Waals surface area (Å²) in [7, 11) is 0. The molecule has 0 saturated carbocycles. The highest BCUT2D eigenvalue weighted by atomic mass is 15.1. The summed E-state index contributed by atoms with van der Waals surface area (Å²) in [4.78, 5) is 2.40. The van der Waals surface area contributed by atoms with Gasteiger partial charge in [0, 0.05) is 17.1 Å². The van der Waals surface area contributed by atoms with Gasteiger partial charge in [-0.25, -0.2) is 0 Å². The van der Waals surface area contributed by atoms with E-state index in [0.29, 0.717) is 0 Å². The molecule has 246 valence electrons. The first-order chi connectivity index (χ1) is 26.3. The highest BCUT2D eigenvalue weighted by Crippen LogP contribution is 2.46. The molecular formula is C52H33N. The number of hydrogen-bond donors (Lipinski definition) is 0. The van der Waals surface area contributed by atoms with Crippen molar-refractivity contribution < 1.29 is 0 Å². The second-order valence-corrected chi connectivity index (χ2v) is 14.1. The van der Waals surface area contributed by atoms with Crippen LogP contribution in [0.3, 0.4) is 0 Å². The molecule has 0 N–H and O–H groups in total. The molecule has 0 aliphatic carbocycles. The normalized spacial score (nSPS) is 11.8. The fraction of sp³-hybridized carbons (Fsp3) is 0. The third-order valence-electron chi connectivity index (χ3n) is 11.1. The zero-order valence-corrected chi connectivity index (χ0v) is 29.0. The number of hydrogen-bond acceptors (Lipinski definition) is 1. The highest BCUT2D eigenvalue weighted by Gasteiger charge is 2.19. The molecule has 0 saturated heterocycles. The van der Waals surface area contributed by atoms with E-state index in [4.69, 9.17) is 0 Å². The molecule has 11 rings (SSSR count). The molecular weight excluding hydrogens is 639 g/mol. The molecule has 0 spiro atoms. The van der Waals surface area contributed by atoms with E-state index in [2.05, 4.69) is 205 Å². The van der Waals surface area contributed by atoms with E-state index in [1.54, 1.807) is 0 Å². The quantitative estimate of drug-likeness (QED) is 0.165. The van der Waals surface area contributed by atoms with E-state index in [1.165, 1.54) is 86.9 Å². The summed E-state index contributed by atoms with van der Waals surface area (Å²) >= 11 is 0. The van der Waals surface area contributed by atoms with Crippen LogP contribution in [0.15, 0.2) is 200 Å². The fourth-order valence-electron chi connectivity index (χ4n) is 8.71. The molecule has 0 fully saturated rings. The lowest BCUT2D eigenvalue weighted by Gasteiger charge is -2.27. The van der Waals surface area contributed by atoms with E-state index in [1.807, 2.05) is 0 Å². The van der Waals surface area contributed by atoms with Crippen molar-refractivity contribution in [3.63, 3.8) is 0 Å². The van der Waals surface area contributed by atoms with Crippen LogP contribution in [-0.4, -0.2) is 0 Å². The molecule has 0 unspecified atom stereocenters. The first-order valence-corrected chi connectivity index (χ1v) is 18.3. The molecule has 11 aromatic rings. The molecule has 0 aliphatic heterocycles. The molecule has 0 aliphatic rings. The van der Waals surface area contributed by atoms with Crippen molar-refractivity contribution in [1.82, 2.24) is 0 Å². The minimum atomic E-state index is 1.12. The van der Waals surface area contributed by atoms with Crippen LogP contribution in [0.1, 0.15) is 0 Å². The number of anilines is 3. The zero-order chi connectivity index (χ0) is 34.9. The molecule has 11 aromatic carbocycles. The summed E-state index contributed by atoms with van der Waals surface area (Å²) in [5.41, 5.74) is 8.23. The van der Waals surface area contributed by atoms with Gasteiger partial charge in [-0.2, -0.15) is 0 Å². The van der Waals surface area contributed by atoms with Gasteiger partial charge in [0.05, 0.1) is 0 Å². The Morgan fingerprint density at radius 3 is 1.15 bits per heavy atom. The standard InChI is InChI=1S/C52H33N/c1-3-10-34(11-4-1)35-20-22-36(23-21-35)37-28-30-43(31-29-37)53(42-15-5-2-6-16-42)44-32-41-27-26-40-13-8-18-46-45-17-7-12-38-24-25-39-14-9-19-47(51(39)49(38)45)48(33-44)52(41)50(40)46/h1-33H. The molecule has 0 bridgehead atoms. The van der Waals surface area contributed by atoms with Crippen LogP contribution in [0.5, 0.6) is 0 Å². The number of rotatable bonds is 5. The average Bonchev–Trinajstić information content (AvgIpc) is 3.23. The summed E-state index contributed by atoms with van der Waals surface area (Å²) in [6, 6.07) is 73.6. The van der Waals surface area contributed by atoms with Crippen LogP contribution in [-0.2, 0) is 0 Å². The SMILES string of the molecule is c1ccc(-c2ccc(-c3ccc(N(c4ccccc4)c4cc5ccc6cccc7c8cccc9ccc%10cccc(c(c4)c5c67)c%10c98)cc3)cc2)cc1. The summed E-state index contributed by atoms with van der Waals surface area (Å²) in [5, 5.41) is 15.4. The number of para-hydroxylation sites is 1. The van der Waals surface area contributed by atoms with Crippen molar-refractivity contribution in [1.29, 1.82) is 0 Å². The Morgan fingerprint density at radius 2 is 0.623 bits per heavy atom. The van der Waals surface area contributed by atoms with E-state index < -0.39 is 0 Å². The Balaban J connectivity index is 1.15. The van der Waals surface area contributed by atoms with E-state index >= 15 is 0 Å². The molecule has 0 radical (unpaired) electrons. The third kappa shape index (κ3) is 4.71. The van der Waals surface area contributed by atoms with Gasteiger partial charge >= 0.3 is 0 Å². The van der Waals surface area contributed by atoms with Gasteiger partial charge < -0.3 is 4.90 Å². The largest absolute Gasteiger partial charge is 0.310 e. The van der Waals surface area contributed by atoms with Gasteiger partial charge in [0.1, 0.15) is 0 Å². The molecule has 1 heteroatoms. The highest BCUT2D eigenvalue weighted by molar-refractivity contribution is 6.37. The lowest BCUT2D eigenvalue weighted by Crippen LogP contribution is -2.10. The van der Waals surface area contributed by atoms with Gasteiger partial charge in [0.2, 0.25) is 0 Å². The van der Waals surface area contributed by atoms with Crippen LogP contribution in [0.4, 0.5) is 17.1 Å². The summed E-state index contributed by atoms with van der Waals surface area (Å²) < 4.78 is 0. The van der Waals surface area contributed by atoms with Gasteiger partial charge in [-0.3, -0.25) is 0 Å². The van der Waals surface area contributed by atoms with E-state index in [9.17, 15) is 0 Å². The lowest BCUT2D eigenvalue weighted by atomic mass is 9.87. The zero-order valence-electron chi connectivity index (χ0n) is 29.0. The number of fused-ring (bicyclic) bond motifs is 2. The van der Waals surface area contributed by atoms with Crippen molar-refractivity contribution >= 4 is 81.7 Å². The van der Waals surface area contributed by atoms with E-state index in [0.717, 1.165) is 17.1 Å². The van der Waals surface area contributed by atoms with Gasteiger partial charge in [0.25, 0.3) is 0 Å². The Morgan fingerprint density at radius 1 is 0.226 bits per heavy atom. The topological polar surface area (TPSA) is 3.24 Å². The number of benzene rings is 10. The van der Waals surface area contributed by atoms with Crippen LogP contribution in [0.25, 0.3) is 86.9 Å². The minimum absolute atomic E-state index is 1.12. The maximum absolute atomic E-state index is 2.43. The van der Waals surface area contributed by atoms with Crippen LogP contribution in [0.2, 0.25) is 0 Å². The fourth-order valence-corrected chi connectivity index (χ4v) is 8.71. The van der Waals surface area contributed by atoms with Crippen molar-refractivity contribution in [2.24, 2.45) is 0 Å². The first kappa shape index (κ1) is 29.7. The average molecular weight is 672 g/mol. The molecule has 0 heterocycles. The molecule has 53 heavy (non-hydrogen) atoms. The van der Waals surface area contributed by atoms with Gasteiger partial charge in [-0.15, -0.1) is 0 Å². The van der Waals surface area contributed by atoms with Gasteiger partial charge in [-0.1, -0.05) is 164 Å². The molecule has 1 nitrogen and oxygen atoms in total. The van der Waals surface area contributed by atoms with Crippen molar-refractivity contribution in [3.05, 3.63) is 200 Å². The second-order valence-electron chi connectivity index (χ2n) is 14.1. The smallest absolute Gasteiger partial charge is 0.0474 e. The Bertz CT molecular complexity index is 3120. The molecule has 0 amide bonds. The third-order valence-corrected chi connectivity index (χ3v) is 11.1. The predicted octanol–water partition coefficient (Wildman–Crippen LogP) is 14.8. The minimum Gasteiger partial charge on any atom is -0.310 e. The van der Waals surface area contributed by atoms with Gasteiger partial charge in [-0.05, 0) is 123 Å². The van der Waals surface area contributed by atoms with Crippen LogP contribution >= 0.6 is 0 Å². The van der Waals surface area contributed by atoms with Crippen molar-refractivity contribution in [3.8, 4) is 22.3 Å². The Labute approximate surface area is 307 Å². The second kappa shape index (κ2) is 11.8. The van der Waals surface area contributed by atoms with Crippen molar-refractivity contribution in [2.45, 2.75) is 0 Å². The maximum Gasteiger partial charge on any atom is 0.0474 e. The molecule has 0 atom stereocenters. The molecule has 0 aromatic heterocycles. The lowest BCUT2D eigenvalue weighted by molar-refractivity contribution is 1.29. The first-order valence-electron chi connectivity index (χ1n) is 18.3. The summed E-state index contributed by atoms with van der Waals surface area (Å²) in [5.74, 6) is 0. The van der Waals surface area contributed by atoms with E-state index in [-0.39, 0.29) is 0 Å². The van der Waals surface area contributed by atoms with Gasteiger partial charge in [0.15, 0.2) is 0 Å². The summed E-state index contributed by atoms with van der Waals surface area (Å²) in [6.45, 7) is 0. The maximum atomic E-state index is 2.43. The summed E-state index contributed by atoms with van der Waals surface area (Å²) in [6.07, 6.45) is 0. The van der Waals surface area contributed by atoms with Crippen molar-refractivity contribution in [2.75, 3.05) is 4.90 Å². The number of nitrogens with zero attached hydrogens (tertiary/aromatic N) is 1. The van der Waals surface area contributed by atoms with Crippen LogP contribution in [0, 0.1) is 0 Å². The monoisotopic (exact) mass is 671 g/mol. The Hall–Kier alpha value is -6.96. The Kier molecular flexibility index (Phi) is 6.62.